The highest BCUT2D eigenvalue weighted by atomic mass is 19.1. The number of nitrogens with zero attached hydrogens (tertiary/aromatic N) is 4. The highest BCUT2D eigenvalue weighted by Gasteiger charge is 2.35. The molecule has 1 N–H and O–H groups in total. The Kier molecular flexibility index (Phi) is 6.71. The second-order valence-electron chi connectivity index (χ2n) is 10.1. The number of aromatic nitrogens is 3. The second kappa shape index (κ2) is 10.1. The Balaban J connectivity index is 1.57. The van der Waals surface area contributed by atoms with Crippen LogP contribution < -0.4 is 14.8 Å². The number of rotatable bonds is 7. The molecule has 1 unspecified atom stereocenters. The number of fused-ring (bicyclic) bond motifs is 2. The monoisotopic (exact) mass is 517 g/mol. The van der Waals surface area contributed by atoms with Crippen LogP contribution in [0.25, 0.3) is 11.0 Å². The van der Waals surface area contributed by atoms with E-state index in [0.717, 1.165) is 0 Å². The minimum atomic E-state index is -1.25. The van der Waals surface area contributed by atoms with Crippen LogP contribution in [0.2, 0.25) is 0 Å². The summed E-state index contributed by atoms with van der Waals surface area (Å²) in [5.74, 6) is -0.386. The quantitative estimate of drug-likeness (QED) is 0.398. The summed E-state index contributed by atoms with van der Waals surface area (Å²) in [5, 5.41) is 11.2. The van der Waals surface area contributed by atoms with Crippen molar-refractivity contribution in [2.75, 3.05) is 6.79 Å². The molecular formula is C28H28FN5O4. The van der Waals surface area contributed by atoms with Crippen molar-refractivity contribution in [2.45, 2.75) is 45.4 Å². The first-order valence-electron chi connectivity index (χ1n) is 12.2. The third-order valence-corrected chi connectivity index (χ3v) is 6.07. The van der Waals surface area contributed by atoms with E-state index in [2.05, 4.69) is 15.6 Å². The van der Waals surface area contributed by atoms with E-state index in [1.807, 2.05) is 39.0 Å². The molecule has 1 atom stereocenters. The van der Waals surface area contributed by atoms with Gasteiger partial charge in [0.05, 0.1) is 5.52 Å². The number of halogens is 1. The molecular weight excluding hydrogens is 489 g/mol. The summed E-state index contributed by atoms with van der Waals surface area (Å²) in [5.41, 5.74) is 1.47. The van der Waals surface area contributed by atoms with Gasteiger partial charge < -0.3 is 19.7 Å². The highest BCUT2D eigenvalue weighted by molar-refractivity contribution is 5.89. The van der Waals surface area contributed by atoms with Gasteiger partial charge in [-0.15, -0.1) is 5.10 Å². The van der Waals surface area contributed by atoms with Crippen LogP contribution >= 0.6 is 0 Å². The van der Waals surface area contributed by atoms with Crippen molar-refractivity contribution in [1.29, 1.82) is 0 Å². The molecule has 0 saturated carbocycles. The summed E-state index contributed by atoms with van der Waals surface area (Å²) < 4.78 is 27.6. The number of hydrogen-bond acceptors (Lipinski definition) is 6. The average molecular weight is 518 g/mol. The predicted octanol–water partition coefficient (Wildman–Crippen LogP) is 3.98. The normalized spacial score (nSPS) is 13.4. The third kappa shape index (κ3) is 5.29. The zero-order valence-corrected chi connectivity index (χ0v) is 21.3. The van der Waals surface area contributed by atoms with Crippen molar-refractivity contribution in [1.82, 2.24) is 25.2 Å². The van der Waals surface area contributed by atoms with Crippen LogP contribution in [-0.4, -0.2) is 44.0 Å². The van der Waals surface area contributed by atoms with E-state index in [4.69, 9.17) is 9.47 Å². The number of carbonyl (C=O) groups is 2. The minimum Gasteiger partial charge on any atom is -0.454 e. The summed E-state index contributed by atoms with van der Waals surface area (Å²) in [4.78, 5) is 29.0. The SMILES string of the molecule is CC(C)(C)NC(=O)C(c1ccccc1F)N(Cc1ccc2c(c1)OCO2)C(=O)Cn1nnc2ccccc21. The first-order chi connectivity index (χ1) is 18.2. The molecule has 5 rings (SSSR count). The van der Waals surface area contributed by atoms with Gasteiger partial charge in [-0.2, -0.15) is 0 Å². The number of hydrogen-bond donors (Lipinski definition) is 1. The van der Waals surface area contributed by atoms with E-state index in [1.54, 1.807) is 36.4 Å². The molecule has 0 saturated heterocycles. The highest BCUT2D eigenvalue weighted by Crippen LogP contribution is 2.34. The summed E-state index contributed by atoms with van der Waals surface area (Å²) >= 11 is 0. The lowest BCUT2D eigenvalue weighted by molar-refractivity contribution is -0.143. The Labute approximate surface area is 219 Å². The molecule has 2 heterocycles. The molecule has 0 aliphatic carbocycles. The fraction of sp³-hybridized carbons (Fsp3) is 0.286. The molecule has 10 heteroatoms. The van der Waals surface area contributed by atoms with Crippen molar-refractivity contribution in [2.24, 2.45) is 0 Å². The van der Waals surface area contributed by atoms with Crippen molar-refractivity contribution < 1.29 is 23.5 Å². The maximum absolute atomic E-state index is 15.2. The van der Waals surface area contributed by atoms with E-state index in [0.29, 0.717) is 28.1 Å². The molecule has 3 aromatic carbocycles. The summed E-state index contributed by atoms with van der Waals surface area (Å²) in [7, 11) is 0. The Morgan fingerprint density at radius 2 is 1.79 bits per heavy atom. The number of nitrogens with one attached hydrogen (secondary N) is 1. The number of carbonyl (C=O) groups excluding carboxylic acids is 2. The molecule has 0 bridgehead atoms. The topological polar surface area (TPSA) is 98.6 Å². The smallest absolute Gasteiger partial charge is 0.247 e. The molecule has 2 amide bonds. The average Bonchev–Trinajstić information content (AvgIpc) is 3.50. The third-order valence-electron chi connectivity index (χ3n) is 6.07. The minimum absolute atomic E-state index is 0.0126. The first kappa shape index (κ1) is 25.2. The molecule has 196 valence electrons. The van der Waals surface area contributed by atoms with E-state index in [9.17, 15) is 9.59 Å². The first-order valence-corrected chi connectivity index (χ1v) is 12.2. The second-order valence-corrected chi connectivity index (χ2v) is 10.1. The maximum Gasteiger partial charge on any atom is 0.247 e. The van der Waals surface area contributed by atoms with Gasteiger partial charge >= 0.3 is 0 Å². The molecule has 0 spiro atoms. The molecule has 4 aromatic rings. The number of amides is 2. The Bertz CT molecular complexity index is 1500. The summed E-state index contributed by atoms with van der Waals surface area (Å²) in [6.45, 7) is 5.41. The van der Waals surface area contributed by atoms with Crippen molar-refractivity contribution >= 4 is 22.8 Å². The van der Waals surface area contributed by atoms with Crippen LogP contribution in [0.5, 0.6) is 11.5 Å². The molecule has 0 fully saturated rings. The van der Waals surface area contributed by atoms with Crippen molar-refractivity contribution in [3.05, 3.63) is 83.7 Å². The van der Waals surface area contributed by atoms with Gasteiger partial charge in [0.1, 0.15) is 23.9 Å². The number of para-hydroxylation sites is 1. The lowest BCUT2D eigenvalue weighted by Gasteiger charge is -2.34. The van der Waals surface area contributed by atoms with E-state index < -0.39 is 29.2 Å². The van der Waals surface area contributed by atoms with E-state index in [-0.39, 0.29) is 25.4 Å². The van der Waals surface area contributed by atoms with Gasteiger partial charge in [0.15, 0.2) is 11.5 Å². The fourth-order valence-electron chi connectivity index (χ4n) is 4.40. The summed E-state index contributed by atoms with van der Waals surface area (Å²) in [6.07, 6.45) is 0. The molecule has 1 aromatic heterocycles. The van der Waals surface area contributed by atoms with Gasteiger partial charge in [-0.25, -0.2) is 9.07 Å². The lowest BCUT2D eigenvalue weighted by atomic mass is 10.00. The predicted molar refractivity (Wildman–Crippen MR) is 138 cm³/mol. The van der Waals surface area contributed by atoms with Crippen LogP contribution in [0.1, 0.15) is 37.9 Å². The Morgan fingerprint density at radius 3 is 2.58 bits per heavy atom. The largest absolute Gasteiger partial charge is 0.454 e. The standard InChI is InChI=1S/C28H28FN5O4/c1-28(2,3)30-27(36)26(19-8-4-5-9-20(19)29)33(15-18-12-13-23-24(14-18)38-17-37-23)25(35)16-34-22-11-7-6-10-21(22)31-32-34/h4-14,26H,15-17H2,1-3H3,(H,30,36). The van der Waals surface area contributed by atoms with Gasteiger partial charge in [0.25, 0.3) is 0 Å². The van der Waals surface area contributed by atoms with Crippen LogP contribution in [0, 0.1) is 5.82 Å². The van der Waals surface area contributed by atoms with Crippen LogP contribution in [0.15, 0.2) is 66.7 Å². The van der Waals surface area contributed by atoms with Gasteiger partial charge in [0, 0.05) is 17.6 Å². The Morgan fingerprint density at radius 1 is 1.05 bits per heavy atom. The lowest BCUT2D eigenvalue weighted by Crippen LogP contribution is -2.49. The van der Waals surface area contributed by atoms with Gasteiger partial charge in [-0.3, -0.25) is 9.59 Å². The van der Waals surface area contributed by atoms with Crippen LogP contribution in [0.4, 0.5) is 4.39 Å². The van der Waals surface area contributed by atoms with E-state index >= 15 is 4.39 Å². The molecule has 38 heavy (non-hydrogen) atoms. The van der Waals surface area contributed by atoms with Crippen molar-refractivity contribution in [3.8, 4) is 11.5 Å². The van der Waals surface area contributed by atoms with Gasteiger partial charge in [-0.05, 0) is 56.7 Å². The van der Waals surface area contributed by atoms with Gasteiger partial charge in [0.2, 0.25) is 18.6 Å². The molecule has 0 radical (unpaired) electrons. The molecule has 1 aliphatic rings. The Hall–Kier alpha value is -4.47. The maximum atomic E-state index is 15.2. The number of ether oxygens (including phenoxy) is 2. The molecule has 1 aliphatic heterocycles. The fourth-order valence-corrected chi connectivity index (χ4v) is 4.40. The van der Waals surface area contributed by atoms with Crippen molar-refractivity contribution in [3.63, 3.8) is 0 Å². The van der Waals surface area contributed by atoms with Gasteiger partial charge in [-0.1, -0.05) is 41.6 Å². The molecule has 9 nitrogen and oxygen atoms in total. The number of benzene rings is 3. The van der Waals surface area contributed by atoms with Crippen LogP contribution in [-0.2, 0) is 22.7 Å². The zero-order valence-electron chi connectivity index (χ0n) is 21.3. The van der Waals surface area contributed by atoms with E-state index in [1.165, 1.54) is 21.7 Å². The zero-order chi connectivity index (χ0) is 26.9. The van der Waals surface area contributed by atoms with Crippen LogP contribution in [0.3, 0.4) is 0 Å². The summed E-state index contributed by atoms with van der Waals surface area (Å²) in [6, 6.07) is 17.3.